The van der Waals surface area contributed by atoms with E-state index in [1.807, 2.05) is 6.07 Å². The van der Waals surface area contributed by atoms with Crippen molar-refractivity contribution in [1.29, 1.82) is 5.26 Å². The molecule has 0 aliphatic carbocycles. The van der Waals surface area contributed by atoms with Crippen molar-refractivity contribution in [2.24, 2.45) is 0 Å². The fourth-order valence-corrected chi connectivity index (χ4v) is 4.17. The number of benzene rings is 1. The molecule has 3 aromatic rings. The number of hydrogen-bond donors (Lipinski definition) is 1. The second-order valence-electron chi connectivity index (χ2n) is 5.97. The quantitative estimate of drug-likeness (QED) is 0.384. The van der Waals surface area contributed by atoms with E-state index in [2.05, 4.69) is 15.5 Å². The van der Waals surface area contributed by atoms with E-state index in [0.29, 0.717) is 31.8 Å². The zero-order valence-corrected chi connectivity index (χ0v) is 18.3. The van der Waals surface area contributed by atoms with Gasteiger partial charge in [-0.1, -0.05) is 23.4 Å². The topological polar surface area (TPSA) is 118 Å². The van der Waals surface area contributed by atoms with Gasteiger partial charge in [0.2, 0.25) is 5.91 Å². The van der Waals surface area contributed by atoms with Crippen LogP contribution in [0.25, 0.3) is 0 Å². The third kappa shape index (κ3) is 5.38. The van der Waals surface area contributed by atoms with Gasteiger partial charge in [0.05, 0.1) is 16.2 Å². The number of ketones is 1. The maximum atomic E-state index is 12.2. The van der Waals surface area contributed by atoms with Crippen LogP contribution in [-0.2, 0) is 11.4 Å². The number of carbonyl (C=O) groups is 2. The summed E-state index contributed by atoms with van der Waals surface area (Å²) in [6, 6.07) is 8.88. The predicted octanol–water partition coefficient (Wildman–Crippen LogP) is 4.48. The Morgan fingerprint density at radius 1 is 1.33 bits per heavy atom. The van der Waals surface area contributed by atoms with E-state index < -0.39 is 0 Å². The van der Waals surface area contributed by atoms with Crippen LogP contribution < -0.4 is 10.1 Å². The van der Waals surface area contributed by atoms with Crippen LogP contribution in [0.1, 0.15) is 33.6 Å². The number of carbonyl (C=O) groups excluding carboxylic acids is 2. The molecule has 0 atom stereocenters. The van der Waals surface area contributed by atoms with Crippen LogP contribution in [0.4, 0.5) is 5.00 Å². The number of nitrogens with zero attached hydrogens (tertiary/aromatic N) is 3. The highest BCUT2D eigenvalue weighted by molar-refractivity contribution is 7.99. The van der Waals surface area contributed by atoms with Crippen molar-refractivity contribution in [3.8, 4) is 11.8 Å². The number of hydrogen-bond acceptors (Lipinski definition) is 9. The summed E-state index contributed by atoms with van der Waals surface area (Å²) in [5.41, 5.74) is 0.864. The van der Waals surface area contributed by atoms with E-state index in [-0.39, 0.29) is 35.2 Å². The largest absolute Gasteiger partial charge is 0.484 e. The molecule has 2 heterocycles. The molecule has 0 fully saturated rings. The number of anilines is 1. The number of thiophene rings is 1. The average molecular weight is 463 g/mol. The normalized spacial score (nSPS) is 10.5. The third-order valence-corrected chi connectivity index (χ3v) is 6.16. The Labute approximate surface area is 185 Å². The Morgan fingerprint density at radius 2 is 2.07 bits per heavy atom. The van der Waals surface area contributed by atoms with Crippen LogP contribution in [0.5, 0.6) is 5.75 Å². The lowest BCUT2D eigenvalue weighted by Gasteiger charge is -2.02. The summed E-state index contributed by atoms with van der Waals surface area (Å²) in [7, 11) is 0. The Hall–Kier alpha value is -2.87. The summed E-state index contributed by atoms with van der Waals surface area (Å²) in [6.07, 6.45) is 0. The van der Waals surface area contributed by atoms with Gasteiger partial charge in [-0.2, -0.15) is 5.26 Å². The number of rotatable bonds is 8. The van der Waals surface area contributed by atoms with E-state index in [1.165, 1.54) is 6.92 Å². The number of halogens is 1. The molecule has 30 heavy (non-hydrogen) atoms. The Kier molecular flexibility index (Phi) is 7.10. The van der Waals surface area contributed by atoms with Crippen molar-refractivity contribution in [1.82, 2.24) is 10.2 Å². The van der Waals surface area contributed by atoms with Gasteiger partial charge in [-0.05, 0) is 43.7 Å². The van der Waals surface area contributed by atoms with E-state index in [0.717, 1.165) is 23.1 Å². The van der Waals surface area contributed by atoms with E-state index in [4.69, 9.17) is 20.8 Å². The van der Waals surface area contributed by atoms with Gasteiger partial charge in [0, 0.05) is 5.02 Å². The lowest BCUT2D eigenvalue weighted by molar-refractivity contribution is -0.113. The summed E-state index contributed by atoms with van der Waals surface area (Å²) in [5, 5.41) is 20.9. The maximum Gasteiger partial charge on any atom is 0.277 e. The summed E-state index contributed by atoms with van der Waals surface area (Å²) >= 11 is 7.96. The van der Waals surface area contributed by atoms with Gasteiger partial charge < -0.3 is 14.5 Å². The highest BCUT2D eigenvalue weighted by Crippen LogP contribution is 2.33. The molecule has 0 radical (unpaired) electrons. The fourth-order valence-electron chi connectivity index (χ4n) is 2.39. The van der Waals surface area contributed by atoms with Crippen molar-refractivity contribution >= 4 is 51.4 Å². The minimum Gasteiger partial charge on any atom is -0.484 e. The van der Waals surface area contributed by atoms with E-state index in [1.54, 1.807) is 31.2 Å². The van der Waals surface area contributed by atoms with Gasteiger partial charge in [0.1, 0.15) is 16.8 Å². The molecule has 1 N–H and O–H groups in total. The van der Waals surface area contributed by atoms with Crippen molar-refractivity contribution in [3.63, 3.8) is 0 Å². The van der Waals surface area contributed by atoms with Gasteiger partial charge in [-0.25, -0.2) is 0 Å². The fraction of sp³-hybridized carbons (Fsp3) is 0.211. The van der Waals surface area contributed by atoms with E-state index >= 15 is 0 Å². The smallest absolute Gasteiger partial charge is 0.277 e. The first-order valence-corrected chi connectivity index (χ1v) is 10.7. The first-order valence-electron chi connectivity index (χ1n) is 8.55. The standard InChI is InChI=1S/C19H15ClN4O4S2/c1-10-14(7-21)18(30-17(10)11(2)25)22-15(26)9-29-19-24-23-16(28-19)8-27-13-5-3-12(20)4-6-13/h3-6H,8-9H2,1-2H3,(H,22,26). The van der Waals surface area contributed by atoms with Crippen LogP contribution in [0, 0.1) is 18.3 Å². The van der Waals surface area contributed by atoms with Crippen LogP contribution >= 0.6 is 34.7 Å². The average Bonchev–Trinajstić information content (AvgIpc) is 3.30. The molecule has 1 amide bonds. The third-order valence-electron chi connectivity index (χ3n) is 3.78. The molecule has 0 aliphatic heterocycles. The second kappa shape index (κ2) is 9.75. The van der Waals surface area contributed by atoms with E-state index in [9.17, 15) is 14.9 Å². The lowest BCUT2D eigenvalue weighted by atomic mass is 10.1. The van der Waals surface area contributed by atoms with Gasteiger partial charge in [0.15, 0.2) is 12.4 Å². The zero-order valence-electron chi connectivity index (χ0n) is 15.9. The zero-order chi connectivity index (χ0) is 21.7. The van der Waals surface area contributed by atoms with Crippen LogP contribution in [-0.4, -0.2) is 27.6 Å². The first kappa shape index (κ1) is 21.8. The van der Waals surface area contributed by atoms with Crippen molar-refractivity contribution < 1.29 is 18.7 Å². The highest BCUT2D eigenvalue weighted by Gasteiger charge is 2.19. The molecule has 0 bridgehead atoms. The molecule has 0 unspecified atom stereocenters. The molecule has 0 saturated carbocycles. The number of aromatic nitrogens is 2. The number of amides is 1. The van der Waals surface area contributed by atoms with Crippen molar-refractivity contribution in [2.45, 2.75) is 25.7 Å². The van der Waals surface area contributed by atoms with Gasteiger partial charge >= 0.3 is 0 Å². The minimum atomic E-state index is -0.356. The van der Waals surface area contributed by atoms with Gasteiger partial charge in [0.25, 0.3) is 11.1 Å². The number of ether oxygens (including phenoxy) is 1. The number of nitrogens with one attached hydrogen (secondary N) is 1. The van der Waals surface area contributed by atoms with Crippen LogP contribution in [0.2, 0.25) is 5.02 Å². The summed E-state index contributed by atoms with van der Waals surface area (Å²) in [4.78, 5) is 24.3. The van der Waals surface area contributed by atoms with Gasteiger partial charge in [-0.3, -0.25) is 9.59 Å². The van der Waals surface area contributed by atoms with Crippen LogP contribution in [0.3, 0.4) is 0 Å². The summed E-state index contributed by atoms with van der Waals surface area (Å²) in [6.45, 7) is 3.18. The number of Topliss-reactive ketones (excluding diaryl/α,β-unsaturated/α-hetero) is 1. The molecule has 154 valence electrons. The molecule has 0 aliphatic rings. The minimum absolute atomic E-state index is 0.00308. The molecular weight excluding hydrogens is 448 g/mol. The molecule has 1 aromatic carbocycles. The molecule has 11 heteroatoms. The first-order chi connectivity index (χ1) is 14.4. The lowest BCUT2D eigenvalue weighted by Crippen LogP contribution is -2.13. The van der Waals surface area contributed by atoms with Crippen molar-refractivity contribution in [2.75, 3.05) is 11.1 Å². The molecule has 2 aromatic heterocycles. The Morgan fingerprint density at radius 3 is 2.73 bits per heavy atom. The molecule has 0 saturated heterocycles. The summed E-state index contributed by atoms with van der Waals surface area (Å²) < 4.78 is 11.0. The predicted molar refractivity (Wildman–Crippen MR) is 113 cm³/mol. The SMILES string of the molecule is CC(=O)c1sc(NC(=O)CSc2nnc(COc3ccc(Cl)cc3)o2)c(C#N)c1C. The van der Waals surface area contributed by atoms with Crippen LogP contribution in [0.15, 0.2) is 33.9 Å². The molecular formula is C19H15ClN4O4S2. The molecule has 8 nitrogen and oxygen atoms in total. The highest BCUT2D eigenvalue weighted by atomic mass is 35.5. The Bertz CT molecular complexity index is 1120. The molecule has 0 spiro atoms. The second-order valence-corrected chi connectivity index (χ2v) is 8.35. The number of thioether (sulfide) groups is 1. The molecule has 3 rings (SSSR count). The number of nitriles is 1. The monoisotopic (exact) mass is 462 g/mol. The van der Waals surface area contributed by atoms with Crippen molar-refractivity contribution in [3.05, 3.63) is 51.2 Å². The van der Waals surface area contributed by atoms with Gasteiger partial charge in [-0.15, -0.1) is 21.5 Å². The maximum absolute atomic E-state index is 12.2. The summed E-state index contributed by atoms with van der Waals surface area (Å²) in [5.74, 6) is 0.361. The Balaban J connectivity index is 1.53.